The van der Waals surface area contributed by atoms with Crippen LogP contribution in [-0.2, 0) is 4.74 Å². The summed E-state index contributed by atoms with van der Waals surface area (Å²) in [7, 11) is 0. The molecule has 1 spiro atoms. The van der Waals surface area contributed by atoms with Crippen LogP contribution in [0.15, 0.2) is 29.0 Å². The molecule has 9 atom stereocenters. The van der Waals surface area contributed by atoms with Crippen molar-refractivity contribution in [1.29, 1.82) is 0 Å². The van der Waals surface area contributed by atoms with Gasteiger partial charge in [-0.05, 0) is 92.4 Å². The van der Waals surface area contributed by atoms with E-state index in [-0.39, 0.29) is 5.60 Å². The molecular weight excluding hydrogens is 346 g/mol. The fraction of sp³-hybridized carbons (Fsp3) is 0.800. The Morgan fingerprint density at radius 1 is 1.25 bits per heavy atom. The van der Waals surface area contributed by atoms with E-state index >= 15 is 0 Å². The highest BCUT2D eigenvalue weighted by Crippen LogP contribution is 2.79. The number of hydrogen-bond donors (Lipinski definition) is 1. The van der Waals surface area contributed by atoms with Crippen LogP contribution in [0.4, 0.5) is 0 Å². The van der Waals surface area contributed by atoms with E-state index in [4.69, 9.17) is 4.74 Å². The third kappa shape index (κ3) is 1.98. The monoisotopic (exact) mass is 381 g/mol. The fourth-order valence-corrected chi connectivity index (χ4v) is 9.36. The third-order valence-electron chi connectivity index (χ3n) is 10.3. The molecule has 5 aliphatic carbocycles. The highest BCUT2D eigenvalue weighted by molar-refractivity contribution is 5.96. The van der Waals surface area contributed by atoms with Crippen molar-refractivity contribution in [2.75, 3.05) is 6.61 Å². The van der Waals surface area contributed by atoms with Gasteiger partial charge < -0.3 is 9.94 Å². The number of hydrogen-bond acceptors (Lipinski definition) is 3. The van der Waals surface area contributed by atoms with Gasteiger partial charge in [0.05, 0.1) is 17.9 Å². The minimum absolute atomic E-state index is 0.0692. The van der Waals surface area contributed by atoms with E-state index in [0.29, 0.717) is 5.41 Å². The lowest BCUT2D eigenvalue weighted by atomic mass is 9.45. The number of ether oxygens (including phenoxy) is 1. The quantitative estimate of drug-likeness (QED) is 0.384. The molecule has 0 radical (unpaired) electrons. The number of nitrogens with zero attached hydrogens (tertiary/aromatic N) is 1. The molecule has 0 aromatic heterocycles. The van der Waals surface area contributed by atoms with Crippen LogP contribution in [0.25, 0.3) is 0 Å². The van der Waals surface area contributed by atoms with Crippen molar-refractivity contribution < 1.29 is 9.94 Å². The van der Waals surface area contributed by atoms with E-state index in [1.807, 2.05) is 0 Å². The fourth-order valence-electron chi connectivity index (χ4n) is 9.36. The molecule has 0 aromatic carbocycles. The van der Waals surface area contributed by atoms with E-state index in [9.17, 15) is 5.21 Å². The highest BCUT2D eigenvalue weighted by atomic mass is 16.5. The van der Waals surface area contributed by atoms with Crippen molar-refractivity contribution >= 4 is 5.71 Å². The molecule has 1 N–H and O–H groups in total. The Bertz CT molecular complexity index is 769. The van der Waals surface area contributed by atoms with Crippen LogP contribution < -0.4 is 0 Å². The molecule has 4 saturated carbocycles. The Hall–Kier alpha value is -1.09. The number of fused-ring (bicyclic) bond motifs is 9. The van der Waals surface area contributed by atoms with E-state index in [2.05, 4.69) is 37.2 Å². The van der Waals surface area contributed by atoms with Crippen LogP contribution in [-0.4, -0.2) is 23.1 Å². The number of allylic oxidation sites excluding steroid dienone is 2. The first kappa shape index (κ1) is 17.7. The van der Waals surface area contributed by atoms with Crippen LogP contribution >= 0.6 is 0 Å². The van der Waals surface area contributed by atoms with Gasteiger partial charge in [-0.15, -0.1) is 0 Å². The highest BCUT2D eigenvalue weighted by Gasteiger charge is 2.77. The van der Waals surface area contributed by atoms with Crippen molar-refractivity contribution in [2.24, 2.45) is 52.0 Å². The molecule has 28 heavy (non-hydrogen) atoms. The number of oxime groups is 1. The predicted octanol–water partition coefficient (Wildman–Crippen LogP) is 5.60. The summed E-state index contributed by atoms with van der Waals surface area (Å²) in [5, 5.41) is 12.9. The summed E-state index contributed by atoms with van der Waals surface area (Å²) in [6.45, 7) is 5.70. The first-order valence-electron chi connectivity index (χ1n) is 11.9. The molecule has 0 amide bonds. The first-order chi connectivity index (χ1) is 13.7. The second-order valence-electron chi connectivity index (χ2n) is 10.7. The molecule has 152 valence electrons. The lowest BCUT2D eigenvalue weighted by Gasteiger charge is -2.60. The van der Waals surface area contributed by atoms with Gasteiger partial charge in [-0.3, -0.25) is 0 Å². The molecule has 6 aliphatic rings. The Morgan fingerprint density at radius 3 is 2.86 bits per heavy atom. The van der Waals surface area contributed by atoms with Gasteiger partial charge in [0.15, 0.2) is 0 Å². The second kappa shape index (κ2) is 5.97. The topological polar surface area (TPSA) is 41.8 Å². The summed E-state index contributed by atoms with van der Waals surface area (Å²) in [5.41, 5.74) is 2.97. The van der Waals surface area contributed by atoms with Crippen LogP contribution in [0, 0.1) is 46.8 Å². The van der Waals surface area contributed by atoms with Crippen LogP contribution in [0.1, 0.15) is 65.2 Å². The molecule has 1 aliphatic heterocycles. The van der Waals surface area contributed by atoms with Gasteiger partial charge in [0, 0.05) is 5.41 Å². The second-order valence-corrected chi connectivity index (χ2v) is 10.7. The maximum absolute atomic E-state index is 9.31. The molecule has 0 bridgehead atoms. The standard InChI is InChI=1S/C25H35NO2/c1-3-15-12-16-13-17(26-27)6-7-18(16)19-8-10-24(4-2)23(22(15)19)20-14-21(20)25(24)9-5-11-28-25/h5,9,13,15,18-23,27H,3-4,6-8,10-12,14H2,1-2H3/b26-17+/t15?,18-,19?,20?,21?,22?,23?,24-,25-/m0/s1. The van der Waals surface area contributed by atoms with Gasteiger partial charge >= 0.3 is 0 Å². The lowest BCUT2D eigenvalue weighted by molar-refractivity contribution is -0.151. The van der Waals surface area contributed by atoms with Crippen LogP contribution in [0.3, 0.4) is 0 Å². The SMILES string of the molecule is CCC1CC2=C/C(=N/O)CC[C@@H]2C2CC[C@@]3(CC)C(C4CC4[C@@]34C=CCO4)C12. The van der Waals surface area contributed by atoms with E-state index in [0.717, 1.165) is 60.2 Å². The molecule has 6 unspecified atom stereocenters. The van der Waals surface area contributed by atoms with Crippen molar-refractivity contribution in [2.45, 2.75) is 70.8 Å². The third-order valence-corrected chi connectivity index (χ3v) is 10.3. The summed E-state index contributed by atoms with van der Waals surface area (Å²) in [6.07, 6.45) is 17.2. The summed E-state index contributed by atoms with van der Waals surface area (Å²) in [5.74, 6) is 5.82. The molecule has 0 aromatic rings. The minimum Gasteiger partial charge on any atom is -0.411 e. The zero-order chi connectivity index (χ0) is 19.1. The molecule has 3 nitrogen and oxygen atoms in total. The zero-order valence-electron chi connectivity index (χ0n) is 17.4. The number of rotatable bonds is 2. The maximum Gasteiger partial charge on any atom is 0.0957 e. The van der Waals surface area contributed by atoms with E-state index in [1.165, 1.54) is 44.9 Å². The predicted molar refractivity (Wildman–Crippen MR) is 110 cm³/mol. The van der Waals surface area contributed by atoms with E-state index < -0.39 is 0 Å². The molecule has 4 fully saturated rings. The average molecular weight is 382 g/mol. The smallest absolute Gasteiger partial charge is 0.0957 e. The van der Waals surface area contributed by atoms with Gasteiger partial charge in [0.2, 0.25) is 0 Å². The summed E-state index contributed by atoms with van der Waals surface area (Å²) >= 11 is 0. The summed E-state index contributed by atoms with van der Waals surface area (Å²) < 4.78 is 6.64. The van der Waals surface area contributed by atoms with Crippen molar-refractivity contribution in [3.05, 3.63) is 23.8 Å². The van der Waals surface area contributed by atoms with Crippen LogP contribution in [0.2, 0.25) is 0 Å². The van der Waals surface area contributed by atoms with Crippen molar-refractivity contribution in [3.63, 3.8) is 0 Å². The van der Waals surface area contributed by atoms with Gasteiger partial charge in [0.25, 0.3) is 0 Å². The lowest BCUT2D eigenvalue weighted by Crippen LogP contribution is -2.57. The van der Waals surface area contributed by atoms with Crippen molar-refractivity contribution in [1.82, 2.24) is 0 Å². The largest absolute Gasteiger partial charge is 0.411 e. The summed E-state index contributed by atoms with van der Waals surface area (Å²) in [4.78, 5) is 0. The molecule has 0 saturated heterocycles. The van der Waals surface area contributed by atoms with Gasteiger partial charge in [0.1, 0.15) is 0 Å². The molecule has 3 heteroatoms. The molecule has 6 rings (SSSR count). The molecular formula is C25H35NO2. The Balaban J connectivity index is 1.42. The van der Waals surface area contributed by atoms with Crippen molar-refractivity contribution in [3.8, 4) is 0 Å². The van der Waals surface area contributed by atoms with Gasteiger partial charge in [-0.25, -0.2) is 0 Å². The minimum atomic E-state index is 0.0692. The van der Waals surface area contributed by atoms with Crippen LogP contribution in [0.5, 0.6) is 0 Å². The summed E-state index contributed by atoms with van der Waals surface area (Å²) in [6, 6.07) is 0. The van der Waals surface area contributed by atoms with Gasteiger partial charge in [-0.1, -0.05) is 43.1 Å². The average Bonchev–Trinajstić information content (AvgIpc) is 3.31. The first-order valence-corrected chi connectivity index (χ1v) is 11.9. The Morgan fingerprint density at radius 2 is 2.14 bits per heavy atom. The normalized spacial score (nSPS) is 54.9. The van der Waals surface area contributed by atoms with E-state index in [1.54, 1.807) is 5.57 Å². The zero-order valence-corrected chi connectivity index (χ0v) is 17.4. The Kier molecular flexibility index (Phi) is 3.78. The molecule has 1 heterocycles. The maximum atomic E-state index is 9.31. The Labute approximate surface area is 169 Å². The van der Waals surface area contributed by atoms with Gasteiger partial charge in [-0.2, -0.15) is 0 Å².